The Labute approximate surface area is 181 Å². The van der Waals surface area contributed by atoms with E-state index >= 15 is 0 Å². The minimum atomic E-state index is -0.416. The Kier molecular flexibility index (Phi) is 5.11. The molecule has 1 aromatic heterocycles. The molecule has 5 heteroatoms. The van der Waals surface area contributed by atoms with Crippen LogP contribution in [0.15, 0.2) is 60.8 Å². The number of nitrogens with zero attached hydrogens (tertiary/aromatic N) is 2. The highest BCUT2D eigenvalue weighted by Crippen LogP contribution is 2.43. The van der Waals surface area contributed by atoms with E-state index in [-0.39, 0.29) is 12.0 Å². The number of amides is 1. The molecule has 0 radical (unpaired) electrons. The summed E-state index contributed by atoms with van der Waals surface area (Å²) >= 11 is 6.09. The minimum Gasteiger partial charge on any atom is -0.486 e. The second-order valence-corrected chi connectivity index (χ2v) is 8.84. The van der Waals surface area contributed by atoms with Gasteiger partial charge in [0.1, 0.15) is 17.4 Å². The number of pyridine rings is 1. The van der Waals surface area contributed by atoms with Crippen molar-refractivity contribution in [3.05, 3.63) is 71.4 Å². The van der Waals surface area contributed by atoms with Gasteiger partial charge in [-0.2, -0.15) is 0 Å². The highest BCUT2D eigenvalue weighted by Gasteiger charge is 2.46. The lowest BCUT2D eigenvalue weighted by Gasteiger charge is -2.33. The van der Waals surface area contributed by atoms with E-state index in [1.165, 1.54) is 0 Å². The molecule has 1 unspecified atom stereocenters. The molecule has 0 spiro atoms. The van der Waals surface area contributed by atoms with Crippen molar-refractivity contribution in [3.8, 4) is 5.75 Å². The van der Waals surface area contributed by atoms with Gasteiger partial charge in [0.2, 0.25) is 5.91 Å². The smallest absolute Gasteiger partial charge is 0.233 e. The highest BCUT2D eigenvalue weighted by molar-refractivity contribution is 6.30. The molecule has 1 aliphatic heterocycles. The molecule has 1 atom stereocenters. The zero-order valence-electron chi connectivity index (χ0n) is 16.9. The standard InChI is InChI=1S/C25H25ClN2O2/c26-20-10-8-19(9-11-20)25(13-1-2-14-25)24(29)28-16-12-21(17-28)30-22-7-3-5-18-6-4-15-27-23(18)22/h3-11,15,21H,1-2,12-14,16-17H2. The quantitative estimate of drug-likeness (QED) is 0.569. The van der Waals surface area contributed by atoms with E-state index in [2.05, 4.69) is 4.98 Å². The highest BCUT2D eigenvalue weighted by atomic mass is 35.5. The first-order valence-electron chi connectivity index (χ1n) is 10.7. The number of ether oxygens (including phenoxy) is 1. The molecule has 1 saturated carbocycles. The zero-order valence-corrected chi connectivity index (χ0v) is 17.6. The number of likely N-dealkylation sites (tertiary alicyclic amines) is 1. The first-order chi connectivity index (χ1) is 14.7. The predicted octanol–water partition coefficient (Wildman–Crippen LogP) is 5.38. The third kappa shape index (κ3) is 3.43. The maximum absolute atomic E-state index is 13.7. The van der Waals surface area contributed by atoms with Crippen molar-refractivity contribution in [2.24, 2.45) is 0 Å². The van der Waals surface area contributed by atoms with Crippen molar-refractivity contribution < 1.29 is 9.53 Å². The van der Waals surface area contributed by atoms with Gasteiger partial charge in [0.05, 0.1) is 12.0 Å². The molecular weight excluding hydrogens is 396 g/mol. The second kappa shape index (κ2) is 7.92. The van der Waals surface area contributed by atoms with Crippen LogP contribution in [0.5, 0.6) is 5.75 Å². The number of aromatic nitrogens is 1. The molecular formula is C25H25ClN2O2. The van der Waals surface area contributed by atoms with E-state index in [0.29, 0.717) is 11.6 Å². The van der Waals surface area contributed by atoms with Crippen LogP contribution in [0.4, 0.5) is 0 Å². The Balaban J connectivity index is 1.34. The average Bonchev–Trinajstić information content (AvgIpc) is 3.45. The van der Waals surface area contributed by atoms with Gasteiger partial charge < -0.3 is 9.64 Å². The first kappa shape index (κ1) is 19.4. The molecule has 30 heavy (non-hydrogen) atoms. The number of hydrogen-bond acceptors (Lipinski definition) is 3. The fourth-order valence-electron chi connectivity index (χ4n) is 5.04. The maximum Gasteiger partial charge on any atom is 0.233 e. The second-order valence-electron chi connectivity index (χ2n) is 8.41. The third-order valence-corrected chi connectivity index (χ3v) is 6.84. The third-order valence-electron chi connectivity index (χ3n) is 6.58. The zero-order chi connectivity index (χ0) is 20.6. The number of carbonyl (C=O) groups is 1. The fraction of sp³-hybridized carbons (Fsp3) is 0.360. The van der Waals surface area contributed by atoms with Crippen molar-refractivity contribution in [1.29, 1.82) is 0 Å². The molecule has 4 nitrogen and oxygen atoms in total. The largest absolute Gasteiger partial charge is 0.486 e. The average molecular weight is 421 g/mol. The molecule has 5 rings (SSSR count). The predicted molar refractivity (Wildman–Crippen MR) is 119 cm³/mol. The summed E-state index contributed by atoms with van der Waals surface area (Å²) in [6, 6.07) is 17.8. The van der Waals surface area contributed by atoms with Crippen LogP contribution < -0.4 is 4.74 Å². The molecule has 154 valence electrons. The van der Waals surface area contributed by atoms with Crippen LogP contribution in [0, 0.1) is 0 Å². The van der Waals surface area contributed by atoms with Crippen LogP contribution in [0.1, 0.15) is 37.7 Å². The van der Waals surface area contributed by atoms with Gasteiger partial charge in [-0.3, -0.25) is 9.78 Å². The molecule has 1 aliphatic carbocycles. The normalized spacial score (nSPS) is 20.6. The van der Waals surface area contributed by atoms with E-state index in [4.69, 9.17) is 16.3 Å². The Hall–Kier alpha value is -2.59. The van der Waals surface area contributed by atoms with Crippen LogP contribution in [-0.2, 0) is 10.2 Å². The Bertz CT molecular complexity index is 1050. The summed E-state index contributed by atoms with van der Waals surface area (Å²) in [4.78, 5) is 20.2. The fourth-order valence-corrected chi connectivity index (χ4v) is 5.16. The van der Waals surface area contributed by atoms with Gasteiger partial charge in [-0.25, -0.2) is 0 Å². The number of benzene rings is 2. The van der Waals surface area contributed by atoms with Crippen LogP contribution in [0.2, 0.25) is 5.02 Å². The maximum atomic E-state index is 13.7. The first-order valence-corrected chi connectivity index (χ1v) is 11.1. The summed E-state index contributed by atoms with van der Waals surface area (Å²) in [7, 11) is 0. The molecule has 2 aliphatic rings. The SMILES string of the molecule is O=C(N1CCC(Oc2cccc3cccnc23)C1)C1(c2ccc(Cl)cc2)CCCC1. The number of carbonyl (C=O) groups excluding carboxylic acids is 1. The van der Waals surface area contributed by atoms with Crippen LogP contribution in [0.25, 0.3) is 10.9 Å². The van der Waals surface area contributed by atoms with E-state index in [9.17, 15) is 4.79 Å². The van der Waals surface area contributed by atoms with Gasteiger partial charge in [-0.1, -0.05) is 54.8 Å². The number of fused-ring (bicyclic) bond motifs is 1. The van der Waals surface area contributed by atoms with Gasteiger partial charge in [0, 0.05) is 29.6 Å². The summed E-state index contributed by atoms with van der Waals surface area (Å²) in [6.45, 7) is 1.36. The molecule has 0 bridgehead atoms. The molecule has 2 heterocycles. The molecule has 2 aromatic carbocycles. The van der Waals surface area contributed by atoms with Gasteiger partial charge in [0.15, 0.2) is 0 Å². The van der Waals surface area contributed by atoms with Gasteiger partial charge in [-0.15, -0.1) is 0 Å². The van der Waals surface area contributed by atoms with Crippen molar-refractivity contribution in [2.75, 3.05) is 13.1 Å². The molecule has 1 saturated heterocycles. The van der Waals surface area contributed by atoms with Gasteiger partial charge in [-0.05, 0) is 42.7 Å². The summed E-state index contributed by atoms with van der Waals surface area (Å²) in [5.41, 5.74) is 1.55. The Morgan fingerprint density at radius 3 is 2.63 bits per heavy atom. The summed E-state index contributed by atoms with van der Waals surface area (Å²) in [5.74, 6) is 1.03. The van der Waals surface area contributed by atoms with Crippen LogP contribution >= 0.6 is 11.6 Å². The number of rotatable bonds is 4. The van der Waals surface area contributed by atoms with E-state index < -0.39 is 5.41 Å². The van der Waals surface area contributed by atoms with Crippen molar-refractivity contribution >= 4 is 28.4 Å². The van der Waals surface area contributed by atoms with E-state index in [1.54, 1.807) is 6.20 Å². The van der Waals surface area contributed by atoms with E-state index in [1.807, 2.05) is 59.5 Å². The van der Waals surface area contributed by atoms with Crippen LogP contribution in [-0.4, -0.2) is 35.0 Å². The Morgan fingerprint density at radius 1 is 1.07 bits per heavy atom. The monoisotopic (exact) mass is 420 g/mol. The van der Waals surface area contributed by atoms with Crippen molar-refractivity contribution in [3.63, 3.8) is 0 Å². The van der Waals surface area contributed by atoms with Gasteiger partial charge >= 0.3 is 0 Å². The number of hydrogen-bond donors (Lipinski definition) is 0. The lowest BCUT2D eigenvalue weighted by atomic mass is 9.77. The molecule has 3 aromatic rings. The molecule has 2 fully saturated rings. The lowest BCUT2D eigenvalue weighted by molar-refractivity contribution is -0.136. The minimum absolute atomic E-state index is 0.00905. The lowest BCUT2D eigenvalue weighted by Crippen LogP contribution is -2.45. The summed E-state index contributed by atoms with van der Waals surface area (Å²) in [6.07, 6.45) is 6.60. The van der Waals surface area contributed by atoms with Crippen LogP contribution in [0.3, 0.4) is 0 Å². The molecule has 1 amide bonds. The van der Waals surface area contributed by atoms with Crippen molar-refractivity contribution in [2.45, 2.75) is 43.6 Å². The summed E-state index contributed by atoms with van der Waals surface area (Å²) < 4.78 is 6.31. The van der Waals surface area contributed by atoms with E-state index in [0.717, 1.165) is 60.9 Å². The van der Waals surface area contributed by atoms with Gasteiger partial charge in [0.25, 0.3) is 0 Å². The number of halogens is 1. The number of para-hydroxylation sites is 1. The molecule has 0 N–H and O–H groups in total. The van der Waals surface area contributed by atoms with Crippen molar-refractivity contribution in [1.82, 2.24) is 9.88 Å². The topological polar surface area (TPSA) is 42.4 Å². The summed E-state index contributed by atoms with van der Waals surface area (Å²) in [5, 5.41) is 1.77. The Morgan fingerprint density at radius 2 is 1.83 bits per heavy atom.